The molecule has 19 heavy (non-hydrogen) atoms. The topological polar surface area (TPSA) is 67.8 Å². The number of carboxylic acids is 1. The molecule has 0 spiro atoms. The van der Waals surface area contributed by atoms with Gasteiger partial charge in [0.25, 0.3) is 0 Å². The summed E-state index contributed by atoms with van der Waals surface area (Å²) in [6.07, 6.45) is 0.830. The largest absolute Gasteiger partial charge is 0.486 e. The van der Waals surface area contributed by atoms with Gasteiger partial charge in [-0.15, -0.1) is 0 Å². The maximum Gasteiger partial charge on any atom is 0.308 e. The lowest BCUT2D eigenvalue weighted by Gasteiger charge is -2.30. The Balaban J connectivity index is 1.89. The number of carbonyl (C=O) groups is 1. The van der Waals surface area contributed by atoms with Crippen LogP contribution < -0.4 is 14.8 Å². The first kappa shape index (κ1) is 12.3. The van der Waals surface area contributed by atoms with Gasteiger partial charge in [0, 0.05) is 6.54 Å². The summed E-state index contributed by atoms with van der Waals surface area (Å²) in [4.78, 5) is 11.3. The van der Waals surface area contributed by atoms with E-state index in [-0.39, 0.29) is 11.8 Å². The molecule has 0 aliphatic carbocycles. The monoisotopic (exact) mass is 263 g/mol. The molecule has 0 amide bonds. The van der Waals surface area contributed by atoms with Crippen LogP contribution in [0.4, 0.5) is 0 Å². The molecule has 2 aliphatic rings. The van der Waals surface area contributed by atoms with Crippen LogP contribution in [0.3, 0.4) is 0 Å². The molecule has 2 N–H and O–H groups in total. The standard InChI is InChI=1S/C14H17NO4/c16-14(17)11-8-15-4-3-10(11)9-1-2-12-13(7-9)19-6-5-18-12/h1-2,7,10-11,15H,3-6,8H2,(H,16,17). The minimum absolute atomic E-state index is 0.0366. The number of hydrogen-bond acceptors (Lipinski definition) is 4. The van der Waals surface area contributed by atoms with Crippen LogP contribution in [0.5, 0.6) is 11.5 Å². The zero-order valence-electron chi connectivity index (χ0n) is 10.6. The molecule has 1 fully saturated rings. The van der Waals surface area contributed by atoms with E-state index in [4.69, 9.17) is 9.47 Å². The molecule has 0 saturated carbocycles. The molecule has 1 aromatic rings. The summed E-state index contributed by atoms with van der Waals surface area (Å²) in [5, 5.41) is 12.5. The lowest BCUT2D eigenvalue weighted by atomic mass is 9.81. The number of ether oxygens (including phenoxy) is 2. The van der Waals surface area contributed by atoms with Gasteiger partial charge >= 0.3 is 5.97 Å². The van der Waals surface area contributed by atoms with Gasteiger partial charge in [0.15, 0.2) is 11.5 Å². The van der Waals surface area contributed by atoms with E-state index < -0.39 is 5.97 Å². The van der Waals surface area contributed by atoms with Crippen LogP contribution in [-0.4, -0.2) is 37.4 Å². The summed E-state index contributed by atoms with van der Waals surface area (Å²) >= 11 is 0. The van der Waals surface area contributed by atoms with Gasteiger partial charge in [0.05, 0.1) is 5.92 Å². The second-order valence-corrected chi connectivity index (χ2v) is 4.95. The number of hydrogen-bond donors (Lipinski definition) is 2. The second-order valence-electron chi connectivity index (χ2n) is 4.95. The number of carboxylic acid groups (broad SMARTS) is 1. The number of benzene rings is 1. The van der Waals surface area contributed by atoms with E-state index in [1.165, 1.54) is 0 Å². The number of piperidine rings is 1. The van der Waals surface area contributed by atoms with E-state index in [1.54, 1.807) is 0 Å². The van der Waals surface area contributed by atoms with Gasteiger partial charge in [-0.25, -0.2) is 0 Å². The molecular formula is C14H17NO4. The van der Waals surface area contributed by atoms with Crippen molar-refractivity contribution >= 4 is 5.97 Å². The van der Waals surface area contributed by atoms with Gasteiger partial charge in [0.1, 0.15) is 13.2 Å². The molecule has 5 heteroatoms. The van der Waals surface area contributed by atoms with Crippen molar-refractivity contribution in [3.8, 4) is 11.5 Å². The SMILES string of the molecule is O=C(O)C1CNCCC1c1ccc2c(c1)OCCO2. The first-order valence-electron chi connectivity index (χ1n) is 6.59. The summed E-state index contributed by atoms with van der Waals surface area (Å²) in [5.74, 6) is 0.389. The van der Waals surface area contributed by atoms with Crippen molar-refractivity contribution in [3.05, 3.63) is 23.8 Å². The van der Waals surface area contributed by atoms with Crippen LogP contribution in [0.25, 0.3) is 0 Å². The predicted octanol–water partition coefficient (Wildman–Crippen LogP) is 1.24. The Kier molecular flexibility index (Phi) is 3.29. The maximum absolute atomic E-state index is 11.3. The van der Waals surface area contributed by atoms with Gasteiger partial charge < -0.3 is 19.9 Å². The summed E-state index contributed by atoms with van der Waals surface area (Å²) < 4.78 is 11.0. The molecule has 2 heterocycles. The third-order valence-electron chi connectivity index (χ3n) is 3.79. The second kappa shape index (κ2) is 5.09. The molecule has 2 atom stereocenters. The van der Waals surface area contributed by atoms with Crippen LogP contribution in [0.15, 0.2) is 18.2 Å². The molecule has 0 aromatic heterocycles. The average Bonchev–Trinajstić information content (AvgIpc) is 2.46. The number of aliphatic carboxylic acids is 1. The van der Waals surface area contributed by atoms with Crippen molar-refractivity contribution in [1.82, 2.24) is 5.32 Å². The minimum atomic E-state index is -0.743. The van der Waals surface area contributed by atoms with Crippen LogP contribution in [0.2, 0.25) is 0 Å². The number of fused-ring (bicyclic) bond motifs is 1. The summed E-state index contributed by atoms with van der Waals surface area (Å²) in [7, 11) is 0. The van der Waals surface area contributed by atoms with E-state index >= 15 is 0 Å². The van der Waals surface area contributed by atoms with Crippen LogP contribution >= 0.6 is 0 Å². The third-order valence-corrected chi connectivity index (χ3v) is 3.79. The van der Waals surface area contributed by atoms with Crippen molar-refractivity contribution in [2.24, 2.45) is 5.92 Å². The van der Waals surface area contributed by atoms with Gasteiger partial charge in [-0.05, 0) is 36.6 Å². The fraction of sp³-hybridized carbons (Fsp3) is 0.500. The van der Waals surface area contributed by atoms with Gasteiger partial charge in [0.2, 0.25) is 0 Å². The Morgan fingerprint density at radius 1 is 1.26 bits per heavy atom. The molecule has 0 bridgehead atoms. The maximum atomic E-state index is 11.3. The molecule has 2 aliphatic heterocycles. The van der Waals surface area contributed by atoms with Crippen molar-refractivity contribution in [3.63, 3.8) is 0 Å². The highest BCUT2D eigenvalue weighted by molar-refractivity contribution is 5.72. The molecule has 1 saturated heterocycles. The van der Waals surface area contributed by atoms with E-state index in [2.05, 4.69) is 5.32 Å². The van der Waals surface area contributed by atoms with Gasteiger partial charge in [-0.1, -0.05) is 6.07 Å². The molecule has 0 radical (unpaired) electrons. The normalized spacial score (nSPS) is 25.9. The lowest BCUT2D eigenvalue weighted by molar-refractivity contribution is -0.142. The Morgan fingerprint density at radius 3 is 2.84 bits per heavy atom. The quantitative estimate of drug-likeness (QED) is 0.840. The first-order chi connectivity index (χ1) is 9.25. The Bertz CT molecular complexity index is 488. The van der Waals surface area contributed by atoms with E-state index in [0.717, 1.165) is 30.0 Å². The smallest absolute Gasteiger partial charge is 0.308 e. The van der Waals surface area contributed by atoms with E-state index in [1.807, 2.05) is 18.2 Å². The highest BCUT2D eigenvalue weighted by atomic mass is 16.6. The number of rotatable bonds is 2. The zero-order valence-corrected chi connectivity index (χ0v) is 10.6. The fourth-order valence-corrected chi connectivity index (χ4v) is 2.81. The molecular weight excluding hydrogens is 246 g/mol. The summed E-state index contributed by atoms with van der Waals surface area (Å²) in [6, 6.07) is 5.77. The van der Waals surface area contributed by atoms with Crippen LogP contribution in [0, 0.1) is 5.92 Å². The highest BCUT2D eigenvalue weighted by Crippen LogP contribution is 2.37. The fourth-order valence-electron chi connectivity index (χ4n) is 2.81. The molecule has 1 aromatic carbocycles. The zero-order chi connectivity index (χ0) is 13.2. The Labute approximate surface area is 111 Å². The summed E-state index contributed by atoms with van der Waals surface area (Å²) in [6.45, 7) is 2.49. The molecule has 5 nitrogen and oxygen atoms in total. The molecule has 3 rings (SSSR count). The van der Waals surface area contributed by atoms with Gasteiger partial charge in [-0.2, -0.15) is 0 Å². The number of nitrogens with one attached hydrogen (secondary N) is 1. The molecule has 2 unspecified atom stereocenters. The Hall–Kier alpha value is -1.75. The van der Waals surface area contributed by atoms with Crippen molar-refractivity contribution in [2.75, 3.05) is 26.3 Å². The first-order valence-corrected chi connectivity index (χ1v) is 6.59. The van der Waals surface area contributed by atoms with Crippen LogP contribution in [0.1, 0.15) is 17.9 Å². The van der Waals surface area contributed by atoms with Gasteiger partial charge in [-0.3, -0.25) is 4.79 Å². The van der Waals surface area contributed by atoms with Crippen molar-refractivity contribution < 1.29 is 19.4 Å². The lowest BCUT2D eigenvalue weighted by Crippen LogP contribution is -2.39. The van der Waals surface area contributed by atoms with Crippen LogP contribution in [-0.2, 0) is 4.79 Å². The summed E-state index contributed by atoms with van der Waals surface area (Å²) in [5.41, 5.74) is 1.03. The molecule has 102 valence electrons. The predicted molar refractivity (Wildman–Crippen MR) is 68.8 cm³/mol. The average molecular weight is 263 g/mol. The minimum Gasteiger partial charge on any atom is -0.486 e. The van der Waals surface area contributed by atoms with E-state index in [0.29, 0.717) is 19.8 Å². The Morgan fingerprint density at radius 2 is 2.05 bits per heavy atom. The van der Waals surface area contributed by atoms with Crippen molar-refractivity contribution in [2.45, 2.75) is 12.3 Å². The third kappa shape index (κ3) is 2.38. The highest BCUT2D eigenvalue weighted by Gasteiger charge is 2.32. The van der Waals surface area contributed by atoms with Crippen molar-refractivity contribution in [1.29, 1.82) is 0 Å². The van der Waals surface area contributed by atoms with E-state index in [9.17, 15) is 9.90 Å².